The van der Waals surface area contributed by atoms with Crippen LogP contribution in [0.2, 0.25) is 0 Å². The summed E-state index contributed by atoms with van der Waals surface area (Å²) >= 11 is 0. The molecule has 6 nitrogen and oxygen atoms in total. The van der Waals surface area contributed by atoms with Gasteiger partial charge in [-0.05, 0) is 83.5 Å². The predicted octanol–water partition coefficient (Wildman–Crippen LogP) is 17.4. The van der Waals surface area contributed by atoms with Crippen LogP contribution in [0, 0.1) is 0 Å². The first-order valence-corrected chi connectivity index (χ1v) is 26.4. The molecule has 0 aromatic rings. The second kappa shape index (κ2) is 51.5. The summed E-state index contributed by atoms with van der Waals surface area (Å²) in [4.78, 5) is 37.9. The van der Waals surface area contributed by atoms with Crippen LogP contribution in [-0.4, -0.2) is 37.2 Å². The molecular formula is C57H98O6. The molecule has 1 atom stereocenters. The smallest absolute Gasteiger partial charge is 0.306 e. The molecule has 0 aliphatic carbocycles. The minimum atomic E-state index is -0.783. The Morgan fingerprint density at radius 1 is 0.333 bits per heavy atom. The van der Waals surface area contributed by atoms with Gasteiger partial charge in [-0.15, -0.1) is 0 Å². The van der Waals surface area contributed by atoms with Gasteiger partial charge in [0.15, 0.2) is 6.10 Å². The Kier molecular flexibility index (Phi) is 48.9. The van der Waals surface area contributed by atoms with Crippen molar-refractivity contribution in [3.8, 4) is 0 Å². The van der Waals surface area contributed by atoms with Crippen molar-refractivity contribution in [3.63, 3.8) is 0 Å². The number of hydrogen-bond donors (Lipinski definition) is 0. The molecule has 0 radical (unpaired) electrons. The zero-order valence-corrected chi connectivity index (χ0v) is 41.3. The van der Waals surface area contributed by atoms with E-state index >= 15 is 0 Å². The van der Waals surface area contributed by atoms with Crippen molar-refractivity contribution in [2.24, 2.45) is 0 Å². The quantitative estimate of drug-likeness (QED) is 0.0262. The number of carbonyl (C=O) groups is 3. The Labute approximate surface area is 389 Å². The van der Waals surface area contributed by atoms with E-state index in [0.717, 1.165) is 116 Å². The van der Waals surface area contributed by atoms with Crippen LogP contribution in [0.3, 0.4) is 0 Å². The highest BCUT2D eigenvalue weighted by Gasteiger charge is 2.19. The van der Waals surface area contributed by atoms with E-state index in [1.54, 1.807) is 0 Å². The van der Waals surface area contributed by atoms with E-state index in [9.17, 15) is 14.4 Å². The first-order valence-electron chi connectivity index (χ1n) is 26.4. The molecular weight excluding hydrogens is 781 g/mol. The lowest BCUT2D eigenvalue weighted by Crippen LogP contribution is -2.30. The standard InChI is InChI=1S/C57H98O6/c1-4-7-10-13-16-19-22-24-26-27-28-29-30-31-32-34-35-38-41-44-47-50-56(59)62-53-54(52-61-55(58)49-46-43-40-37-21-18-15-12-9-6-3)63-57(60)51-48-45-42-39-36-33-25-23-20-17-14-11-8-5-2/h7,10,14,16-17,19,23-26,28-29,54H,4-6,8-9,11-13,15,18,20-22,27,30-53H2,1-3H3/b10-7-,17-14-,19-16-,25-23-,26-24-,29-28-. The summed E-state index contributed by atoms with van der Waals surface area (Å²) in [6.45, 7) is 6.46. The Morgan fingerprint density at radius 3 is 1.02 bits per heavy atom. The van der Waals surface area contributed by atoms with Crippen LogP contribution >= 0.6 is 0 Å². The van der Waals surface area contributed by atoms with Crippen molar-refractivity contribution in [2.45, 2.75) is 258 Å². The number of allylic oxidation sites excluding steroid dienone is 12. The summed E-state index contributed by atoms with van der Waals surface area (Å²) in [5.41, 5.74) is 0. The summed E-state index contributed by atoms with van der Waals surface area (Å²) in [5.74, 6) is -0.903. The van der Waals surface area contributed by atoms with Gasteiger partial charge in [0.2, 0.25) is 0 Å². The summed E-state index contributed by atoms with van der Waals surface area (Å²) in [5, 5.41) is 0. The molecule has 1 unspecified atom stereocenters. The third-order valence-corrected chi connectivity index (χ3v) is 11.2. The van der Waals surface area contributed by atoms with E-state index in [0.29, 0.717) is 19.3 Å². The van der Waals surface area contributed by atoms with Crippen LogP contribution in [0.25, 0.3) is 0 Å². The fraction of sp³-hybridized carbons (Fsp3) is 0.737. The predicted molar refractivity (Wildman–Crippen MR) is 270 cm³/mol. The fourth-order valence-corrected chi connectivity index (χ4v) is 7.21. The molecule has 0 saturated carbocycles. The van der Waals surface area contributed by atoms with Crippen LogP contribution < -0.4 is 0 Å². The average Bonchev–Trinajstić information content (AvgIpc) is 3.28. The van der Waals surface area contributed by atoms with E-state index in [1.165, 1.54) is 96.3 Å². The van der Waals surface area contributed by atoms with E-state index in [-0.39, 0.29) is 31.1 Å². The normalized spacial score (nSPS) is 12.6. The maximum absolute atomic E-state index is 12.8. The first kappa shape index (κ1) is 59.9. The third kappa shape index (κ3) is 49.7. The van der Waals surface area contributed by atoms with Crippen LogP contribution in [0.15, 0.2) is 72.9 Å². The Hall–Kier alpha value is -3.15. The average molecular weight is 879 g/mol. The zero-order chi connectivity index (χ0) is 45.8. The van der Waals surface area contributed by atoms with Crippen molar-refractivity contribution < 1.29 is 28.6 Å². The topological polar surface area (TPSA) is 78.9 Å². The molecule has 63 heavy (non-hydrogen) atoms. The summed E-state index contributed by atoms with van der Waals surface area (Å²) in [7, 11) is 0. The summed E-state index contributed by atoms with van der Waals surface area (Å²) in [6, 6.07) is 0. The molecule has 0 fully saturated rings. The van der Waals surface area contributed by atoms with Gasteiger partial charge >= 0.3 is 17.9 Å². The van der Waals surface area contributed by atoms with E-state index in [1.807, 2.05) is 0 Å². The number of unbranched alkanes of at least 4 members (excludes halogenated alkanes) is 24. The lowest BCUT2D eigenvalue weighted by molar-refractivity contribution is -0.167. The van der Waals surface area contributed by atoms with Crippen LogP contribution in [0.1, 0.15) is 252 Å². The van der Waals surface area contributed by atoms with Crippen molar-refractivity contribution >= 4 is 17.9 Å². The maximum Gasteiger partial charge on any atom is 0.306 e. The summed E-state index contributed by atoms with van der Waals surface area (Å²) in [6.07, 6.45) is 64.6. The molecule has 0 N–H and O–H groups in total. The maximum atomic E-state index is 12.8. The van der Waals surface area contributed by atoms with Crippen LogP contribution in [-0.2, 0) is 28.6 Å². The molecule has 0 aromatic carbocycles. The molecule has 0 aliphatic heterocycles. The minimum absolute atomic E-state index is 0.0822. The zero-order valence-electron chi connectivity index (χ0n) is 41.3. The van der Waals surface area contributed by atoms with E-state index < -0.39 is 6.10 Å². The number of hydrogen-bond acceptors (Lipinski definition) is 6. The van der Waals surface area contributed by atoms with Crippen molar-refractivity contribution in [1.29, 1.82) is 0 Å². The van der Waals surface area contributed by atoms with Crippen LogP contribution in [0.4, 0.5) is 0 Å². The number of rotatable bonds is 47. The lowest BCUT2D eigenvalue weighted by Gasteiger charge is -2.18. The molecule has 0 aliphatic rings. The SMILES string of the molecule is CC/C=C\C/C=C\C/C=C\C/C=C\CCCCCCCCCCC(=O)OCC(COC(=O)CCCCCCCCCCCC)OC(=O)CCCCCCC/C=C\C/C=C\CCCC. The van der Waals surface area contributed by atoms with Crippen molar-refractivity contribution in [1.82, 2.24) is 0 Å². The largest absolute Gasteiger partial charge is 0.462 e. The van der Waals surface area contributed by atoms with Crippen molar-refractivity contribution in [2.75, 3.05) is 13.2 Å². The number of ether oxygens (including phenoxy) is 3. The van der Waals surface area contributed by atoms with Gasteiger partial charge in [0.1, 0.15) is 13.2 Å². The molecule has 0 spiro atoms. The van der Waals surface area contributed by atoms with Gasteiger partial charge in [-0.25, -0.2) is 0 Å². The molecule has 362 valence electrons. The first-order chi connectivity index (χ1) is 31.0. The molecule has 0 heterocycles. The van der Waals surface area contributed by atoms with Gasteiger partial charge in [-0.2, -0.15) is 0 Å². The molecule has 0 bridgehead atoms. The van der Waals surface area contributed by atoms with Gasteiger partial charge in [0, 0.05) is 19.3 Å². The van der Waals surface area contributed by atoms with E-state index in [4.69, 9.17) is 14.2 Å². The monoisotopic (exact) mass is 879 g/mol. The van der Waals surface area contributed by atoms with Crippen LogP contribution in [0.5, 0.6) is 0 Å². The second-order valence-corrected chi connectivity index (χ2v) is 17.4. The highest BCUT2D eigenvalue weighted by molar-refractivity contribution is 5.71. The molecule has 0 amide bonds. The van der Waals surface area contributed by atoms with Gasteiger partial charge in [-0.1, -0.05) is 222 Å². The molecule has 0 aromatic heterocycles. The molecule has 6 heteroatoms. The highest BCUT2D eigenvalue weighted by Crippen LogP contribution is 2.15. The van der Waals surface area contributed by atoms with E-state index in [2.05, 4.69) is 93.7 Å². The number of carbonyl (C=O) groups excluding carboxylic acids is 3. The lowest BCUT2D eigenvalue weighted by atomic mass is 10.1. The Bertz CT molecular complexity index is 1190. The Balaban J connectivity index is 4.33. The number of esters is 3. The molecule has 0 rings (SSSR count). The third-order valence-electron chi connectivity index (χ3n) is 11.2. The fourth-order valence-electron chi connectivity index (χ4n) is 7.21. The van der Waals surface area contributed by atoms with Gasteiger partial charge in [-0.3, -0.25) is 14.4 Å². The van der Waals surface area contributed by atoms with Gasteiger partial charge in [0.25, 0.3) is 0 Å². The Morgan fingerprint density at radius 2 is 0.635 bits per heavy atom. The minimum Gasteiger partial charge on any atom is -0.462 e. The van der Waals surface area contributed by atoms with Gasteiger partial charge < -0.3 is 14.2 Å². The molecule has 0 saturated heterocycles. The summed E-state index contributed by atoms with van der Waals surface area (Å²) < 4.78 is 16.8. The highest BCUT2D eigenvalue weighted by atomic mass is 16.6. The van der Waals surface area contributed by atoms with Gasteiger partial charge in [0.05, 0.1) is 0 Å². The van der Waals surface area contributed by atoms with Crippen molar-refractivity contribution in [3.05, 3.63) is 72.9 Å². The second-order valence-electron chi connectivity index (χ2n) is 17.4.